The molecule has 9 nitrogen and oxygen atoms in total. The molecule has 2 aromatic rings. The molecule has 3 aliphatic rings. The zero-order chi connectivity index (χ0) is 24.2. The summed E-state index contributed by atoms with van der Waals surface area (Å²) < 4.78 is 5.18. The van der Waals surface area contributed by atoms with Crippen molar-refractivity contribution in [3.8, 4) is 5.75 Å². The van der Waals surface area contributed by atoms with E-state index in [1.807, 2.05) is 25.1 Å². The molecule has 4 amide bonds. The van der Waals surface area contributed by atoms with Crippen molar-refractivity contribution in [2.45, 2.75) is 37.9 Å². The van der Waals surface area contributed by atoms with Crippen molar-refractivity contribution in [1.29, 1.82) is 0 Å². The van der Waals surface area contributed by atoms with Crippen LogP contribution in [0.25, 0.3) is 0 Å². The Kier molecular flexibility index (Phi) is 5.16. The van der Waals surface area contributed by atoms with E-state index in [2.05, 4.69) is 10.6 Å². The maximum Gasteiger partial charge on any atom is 0.250 e. The third kappa shape index (κ3) is 3.11. The standard InChI is InChI=1S/C25H26N4O5/c1-13-4-3-5-16-21(13)27-24(33)25(16)20-19(17(28-25)10-11-18(26)30)22(31)29(23(20)32)12-14-6-8-15(34-2)9-7-14/h3-9,17,19-20,28H,10-12H2,1-2H3,(H2,26,30)(H,27,33)/t17-,19+,20+,25-/m0/s1. The molecule has 1 spiro atoms. The summed E-state index contributed by atoms with van der Waals surface area (Å²) in [7, 11) is 1.56. The zero-order valence-electron chi connectivity index (χ0n) is 19.0. The number of aryl methyl sites for hydroxylation is 1. The van der Waals surface area contributed by atoms with Crippen LogP contribution in [0.15, 0.2) is 42.5 Å². The summed E-state index contributed by atoms with van der Waals surface area (Å²) >= 11 is 0. The van der Waals surface area contributed by atoms with Gasteiger partial charge in [-0.25, -0.2) is 0 Å². The first-order valence-electron chi connectivity index (χ1n) is 11.2. The Balaban J connectivity index is 1.56. The van der Waals surface area contributed by atoms with Gasteiger partial charge in [0.05, 0.1) is 25.5 Å². The summed E-state index contributed by atoms with van der Waals surface area (Å²) in [5.41, 5.74) is 6.94. The smallest absolute Gasteiger partial charge is 0.250 e. The second kappa shape index (κ2) is 7.95. The predicted octanol–water partition coefficient (Wildman–Crippen LogP) is 1.19. The third-order valence-electron chi connectivity index (χ3n) is 7.25. The average molecular weight is 463 g/mol. The van der Waals surface area contributed by atoms with E-state index in [4.69, 9.17) is 10.5 Å². The van der Waals surface area contributed by atoms with Gasteiger partial charge in [0, 0.05) is 23.7 Å². The van der Waals surface area contributed by atoms with Crippen molar-refractivity contribution in [3.63, 3.8) is 0 Å². The SMILES string of the molecule is COc1ccc(CN2C(=O)[C@@H]3[C@H](CCC(N)=O)N[C@]4(C(=O)Nc5c(C)cccc54)[C@H]3C2=O)cc1. The van der Waals surface area contributed by atoms with E-state index in [-0.39, 0.29) is 31.2 Å². The summed E-state index contributed by atoms with van der Waals surface area (Å²) in [5.74, 6) is -2.63. The van der Waals surface area contributed by atoms with Crippen LogP contribution in [0.4, 0.5) is 5.69 Å². The minimum Gasteiger partial charge on any atom is -0.497 e. The lowest BCUT2D eigenvalue weighted by Gasteiger charge is -2.29. The van der Waals surface area contributed by atoms with Crippen LogP contribution >= 0.6 is 0 Å². The summed E-state index contributed by atoms with van der Waals surface area (Å²) in [4.78, 5) is 53.6. The van der Waals surface area contributed by atoms with Gasteiger partial charge in [0.15, 0.2) is 0 Å². The molecule has 2 fully saturated rings. The number of imide groups is 1. The summed E-state index contributed by atoms with van der Waals surface area (Å²) in [6.45, 7) is 1.97. The van der Waals surface area contributed by atoms with Crippen molar-refractivity contribution >= 4 is 29.3 Å². The summed E-state index contributed by atoms with van der Waals surface area (Å²) in [6.07, 6.45) is 0.293. The van der Waals surface area contributed by atoms with E-state index in [1.165, 1.54) is 4.90 Å². The molecule has 0 aromatic heterocycles. The van der Waals surface area contributed by atoms with Crippen molar-refractivity contribution in [2.75, 3.05) is 12.4 Å². The van der Waals surface area contributed by atoms with E-state index in [0.717, 1.165) is 11.1 Å². The number of fused-ring (bicyclic) bond motifs is 4. The molecule has 0 bridgehead atoms. The first-order chi connectivity index (χ1) is 16.3. The molecule has 0 radical (unpaired) electrons. The molecule has 0 saturated carbocycles. The molecule has 9 heteroatoms. The van der Waals surface area contributed by atoms with E-state index >= 15 is 0 Å². The molecule has 3 aliphatic heterocycles. The Hall–Kier alpha value is -3.72. The molecule has 176 valence electrons. The first kappa shape index (κ1) is 22.1. The topological polar surface area (TPSA) is 131 Å². The second-order valence-electron chi connectivity index (χ2n) is 9.13. The van der Waals surface area contributed by atoms with Crippen LogP contribution in [0.3, 0.4) is 0 Å². The lowest BCUT2D eigenvalue weighted by atomic mass is 9.76. The van der Waals surface area contributed by atoms with Crippen LogP contribution in [0.1, 0.15) is 29.5 Å². The maximum atomic E-state index is 13.8. The van der Waals surface area contributed by atoms with Gasteiger partial charge < -0.3 is 15.8 Å². The highest BCUT2D eigenvalue weighted by Gasteiger charge is 2.70. The Morgan fingerprint density at radius 3 is 2.53 bits per heavy atom. The number of primary amides is 1. The molecular formula is C25H26N4O5. The third-order valence-corrected chi connectivity index (χ3v) is 7.25. The van der Waals surface area contributed by atoms with E-state index in [9.17, 15) is 19.2 Å². The fraction of sp³-hybridized carbons (Fsp3) is 0.360. The van der Waals surface area contributed by atoms with Crippen molar-refractivity contribution < 1.29 is 23.9 Å². The molecule has 0 aliphatic carbocycles. The number of nitrogens with two attached hydrogens (primary N) is 1. The number of likely N-dealkylation sites (tertiary alicyclic amines) is 1. The highest BCUT2D eigenvalue weighted by atomic mass is 16.5. The number of ether oxygens (including phenoxy) is 1. The largest absolute Gasteiger partial charge is 0.497 e. The minimum absolute atomic E-state index is 0.0409. The fourth-order valence-electron chi connectivity index (χ4n) is 5.65. The molecule has 4 atom stereocenters. The van der Waals surface area contributed by atoms with Crippen LogP contribution in [-0.4, -0.2) is 41.7 Å². The quantitative estimate of drug-likeness (QED) is 0.553. The molecule has 2 saturated heterocycles. The fourth-order valence-corrected chi connectivity index (χ4v) is 5.65. The first-order valence-corrected chi connectivity index (χ1v) is 11.2. The number of benzene rings is 2. The van der Waals surface area contributed by atoms with Gasteiger partial charge in [-0.1, -0.05) is 30.3 Å². The number of methoxy groups -OCH3 is 1. The lowest BCUT2D eigenvalue weighted by molar-refractivity contribution is -0.143. The Morgan fingerprint density at radius 1 is 1.12 bits per heavy atom. The van der Waals surface area contributed by atoms with E-state index in [0.29, 0.717) is 17.0 Å². The van der Waals surface area contributed by atoms with Gasteiger partial charge in [0.1, 0.15) is 11.3 Å². The molecule has 3 heterocycles. The maximum absolute atomic E-state index is 13.8. The highest BCUT2D eigenvalue weighted by Crippen LogP contribution is 2.54. The van der Waals surface area contributed by atoms with Crippen LogP contribution in [0.5, 0.6) is 5.75 Å². The Labute approximate surface area is 196 Å². The van der Waals surface area contributed by atoms with Gasteiger partial charge >= 0.3 is 0 Å². The second-order valence-corrected chi connectivity index (χ2v) is 9.13. The van der Waals surface area contributed by atoms with E-state index < -0.39 is 35.2 Å². The number of nitrogens with one attached hydrogen (secondary N) is 2. The van der Waals surface area contributed by atoms with Gasteiger partial charge in [-0.3, -0.25) is 29.4 Å². The summed E-state index contributed by atoms with van der Waals surface area (Å²) in [5, 5.41) is 6.23. The van der Waals surface area contributed by atoms with Crippen LogP contribution in [0, 0.1) is 18.8 Å². The van der Waals surface area contributed by atoms with Crippen LogP contribution in [-0.2, 0) is 31.3 Å². The highest BCUT2D eigenvalue weighted by molar-refractivity contribution is 6.15. The molecule has 2 aromatic carbocycles. The number of hydrogen-bond acceptors (Lipinski definition) is 6. The molecule has 0 unspecified atom stereocenters. The number of nitrogens with zero attached hydrogens (tertiary/aromatic N) is 1. The van der Waals surface area contributed by atoms with Crippen molar-refractivity contribution in [2.24, 2.45) is 17.6 Å². The number of para-hydroxylation sites is 1. The van der Waals surface area contributed by atoms with Crippen molar-refractivity contribution in [1.82, 2.24) is 10.2 Å². The van der Waals surface area contributed by atoms with Gasteiger partial charge in [0.25, 0.3) is 0 Å². The number of anilines is 1. The number of amides is 4. The molecular weight excluding hydrogens is 436 g/mol. The van der Waals surface area contributed by atoms with Crippen LogP contribution in [0.2, 0.25) is 0 Å². The van der Waals surface area contributed by atoms with Crippen molar-refractivity contribution in [3.05, 3.63) is 59.2 Å². The summed E-state index contributed by atoms with van der Waals surface area (Å²) in [6, 6.07) is 12.1. The van der Waals surface area contributed by atoms with Gasteiger partial charge in [0.2, 0.25) is 23.6 Å². The Morgan fingerprint density at radius 2 is 1.85 bits per heavy atom. The Bertz CT molecular complexity index is 1210. The van der Waals surface area contributed by atoms with Crippen LogP contribution < -0.4 is 21.1 Å². The number of carbonyl (C=O) groups is 4. The molecule has 4 N–H and O–H groups in total. The average Bonchev–Trinajstić information content (AvgIpc) is 3.40. The number of hydrogen-bond donors (Lipinski definition) is 3. The van der Waals surface area contributed by atoms with Gasteiger partial charge in [-0.05, 0) is 36.6 Å². The molecule has 5 rings (SSSR count). The predicted molar refractivity (Wildman–Crippen MR) is 122 cm³/mol. The van der Waals surface area contributed by atoms with E-state index in [1.54, 1.807) is 31.4 Å². The van der Waals surface area contributed by atoms with Gasteiger partial charge in [-0.15, -0.1) is 0 Å². The minimum atomic E-state index is -1.38. The lowest BCUT2D eigenvalue weighted by Crippen LogP contribution is -2.53. The van der Waals surface area contributed by atoms with Gasteiger partial charge in [-0.2, -0.15) is 0 Å². The normalized spacial score (nSPS) is 27.2. The monoisotopic (exact) mass is 462 g/mol. The number of rotatable bonds is 6. The number of carbonyl (C=O) groups excluding carboxylic acids is 4. The zero-order valence-corrected chi connectivity index (χ0v) is 19.0. The molecule has 34 heavy (non-hydrogen) atoms.